The second-order valence-electron chi connectivity index (χ2n) is 7.00. The molecule has 1 saturated heterocycles. The maximum Gasteiger partial charge on any atom is 0.265 e. The standard InChI is InChI=1S/C21H17ClN4O2S/c22-17-15-3-1-2-4-16(15)29-18(17)21(27)26-11-7-14(8-12-26)20-24-19(25-28-20)13-5-9-23-10-6-13/h1-6,9-10,14H,7-8,11-12H2. The fourth-order valence-electron chi connectivity index (χ4n) is 3.64. The lowest BCUT2D eigenvalue weighted by Gasteiger charge is -2.30. The normalized spacial score (nSPS) is 15.1. The molecule has 1 aliphatic rings. The van der Waals surface area contributed by atoms with E-state index in [1.54, 1.807) is 12.4 Å². The van der Waals surface area contributed by atoms with E-state index < -0.39 is 0 Å². The first-order chi connectivity index (χ1) is 14.2. The van der Waals surface area contributed by atoms with Crippen molar-refractivity contribution in [2.75, 3.05) is 13.1 Å². The number of piperidine rings is 1. The maximum absolute atomic E-state index is 13.0. The Morgan fingerprint density at radius 1 is 1.14 bits per heavy atom. The number of carbonyl (C=O) groups excluding carboxylic acids is 1. The average molecular weight is 425 g/mol. The molecule has 3 aromatic heterocycles. The number of likely N-dealkylation sites (tertiary alicyclic amines) is 1. The van der Waals surface area contributed by atoms with Crippen LogP contribution in [0.15, 0.2) is 53.3 Å². The van der Waals surface area contributed by atoms with Gasteiger partial charge in [-0.15, -0.1) is 11.3 Å². The van der Waals surface area contributed by atoms with Crippen LogP contribution >= 0.6 is 22.9 Å². The first-order valence-electron chi connectivity index (χ1n) is 9.41. The second-order valence-corrected chi connectivity index (χ2v) is 8.43. The molecule has 5 rings (SSSR count). The number of amides is 1. The highest BCUT2D eigenvalue weighted by Gasteiger charge is 2.30. The second kappa shape index (κ2) is 7.57. The van der Waals surface area contributed by atoms with Crippen LogP contribution in [0.1, 0.15) is 34.3 Å². The number of hydrogen-bond acceptors (Lipinski definition) is 6. The molecule has 146 valence electrons. The van der Waals surface area contributed by atoms with Crippen LogP contribution in [0.5, 0.6) is 0 Å². The van der Waals surface area contributed by atoms with Crippen LogP contribution in [-0.2, 0) is 0 Å². The molecular formula is C21H17ClN4O2S. The summed E-state index contributed by atoms with van der Waals surface area (Å²) in [5.41, 5.74) is 0.877. The first-order valence-corrected chi connectivity index (χ1v) is 10.6. The smallest absolute Gasteiger partial charge is 0.265 e. The van der Waals surface area contributed by atoms with E-state index in [0.717, 1.165) is 28.5 Å². The number of aromatic nitrogens is 3. The highest BCUT2D eigenvalue weighted by molar-refractivity contribution is 7.21. The molecule has 1 aromatic carbocycles. The number of hydrogen-bond donors (Lipinski definition) is 0. The molecule has 8 heteroatoms. The minimum absolute atomic E-state index is 0.00217. The molecule has 0 atom stereocenters. The van der Waals surface area contributed by atoms with Gasteiger partial charge in [-0.25, -0.2) is 0 Å². The molecule has 0 spiro atoms. The van der Waals surface area contributed by atoms with Crippen molar-refractivity contribution in [3.63, 3.8) is 0 Å². The highest BCUT2D eigenvalue weighted by Crippen LogP contribution is 2.37. The van der Waals surface area contributed by atoms with Crippen molar-refractivity contribution in [3.8, 4) is 11.4 Å². The zero-order valence-corrected chi connectivity index (χ0v) is 17.0. The summed E-state index contributed by atoms with van der Waals surface area (Å²) < 4.78 is 6.53. The summed E-state index contributed by atoms with van der Waals surface area (Å²) >= 11 is 7.94. The van der Waals surface area contributed by atoms with E-state index in [9.17, 15) is 4.79 Å². The minimum Gasteiger partial charge on any atom is -0.339 e. The van der Waals surface area contributed by atoms with Crippen LogP contribution in [0.4, 0.5) is 0 Å². The van der Waals surface area contributed by atoms with E-state index in [0.29, 0.717) is 34.7 Å². The third-order valence-electron chi connectivity index (χ3n) is 5.24. The predicted molar refractivity (Wildman–Crippen MR) is 112 cm³/mol. The monoisotopic (exact) mass is 424 g/mol. The summed E-state index contributed by atoms with van der Waals surface area (Å²) in [6, 6.07) is 11.5. The Balaban J connectivity index is 1.28. The molecule has 6 nitrogen and oxygen atoms in total. The molecule has 0 bridgehead atoms. The number of nitrogens with zero attached hydrogens (tertiary/aromatic N) is 4. The number of halogens is 1. The van der Waals surface area contributed by atoms with Gasteiger partial charge in [0.15, 0.2) is 0 Å². The summed E-state index contributed by atoms with van der Waals surface area (Å²) in [4.78, 5) is 24.1. The van der Waals surface area contributed by atoms with Crippen molar-refractivity contribution < 1.29 is 9.32 Å². The number of pyridine rings is 1. The number of fused-ring (bicyclic) bond motifs is 1. The number of thiophene rings is 1. The largest absolute Gasteiger partial charge is 0.339 e. The van der Waals surface area contributed by atoms with Crippen molar-refractivity contribution >= 4 is 38.9 Å². The van der Waals surface area contributed by atoms with Crippen molar-refractivity contribution in [2.24, 2.45) is 0 Å². The number of benzene rings is 1. The highest BCUT2D eigenvalue weighted by atomic mass is 35.5. The third-order valence-corrected chi connectivity index (χ3v) is 6.90. The van der Waals surface area contributed by atoms with Gasteiger partial charge in [0.05, 0.1) is 5.02 Å². The molecular weight excluding hydrogens is 408 g/mol. The SMILES string of the molecule is O=C(c1sc2ccccc2c1Cl)N1CCC(c2nc(-c3ccncc3)no2)CC1. The molecule has 29 heavy (non-hydrogen) atoms. The number of rotatable bonds is 3. The summed E-state index contributed by atoms with van der Waals surface area (Å²) in [7, 11) is 0. The Labute approximate surface area is 176 Å². The van der Waals surface area contributed by atoms with Crippen LogP contribution in [0.3, 0.4) is 0 Å². The Morgan fingerprint density at radius 3 is 2.66 bits per heavy atom. The molecule has 4 heterocycles. The topological polar surface area (TPSA) is 72.1 Å². The van der Waals surface area contributed by atoms with Gasteiger partial charge in [0.25, 0.3) is 5.91 Å². The quantitative estimate of drug-likeness (QED) is 0.461. The van der Waals surface area contributed by atoms with E-state index in [1.165, 1.54) is 11.3 Å². The Morgan fingerprint density at radius 2 is 1.90 bits per heavy atom. The molecule has 4 aromatic rings. The lowest BCUT2D eigenvalue weighted by atomic mass is 9.96. The fraction of sp³-hybridized carbons (Fsp3) is 0.238. The van der Waals surface area contributed by atoms with Gasteiger partial charge in [-0.05, 0) is 31.0 Å². The zero-order valence-electron chi connectivity index (χ0n) is 15.4. The van der Waals surface area contributed by atoms with Crippen LogP contribution in [0.2, 0.25) is 5.02 Å². The van der Waals surface area contributed by atoms with Crippen LogP contribution < -0.4 is 0 Å². The van der Waals surface area contributed by atoms with Gasteiger partial charge < -0.3 is 9.42 Å². The van der Waals surface area contributed by atoms with E-state index in [2.05, 4.69) is 15.1 Å². The summed E-state index contributed by atoms with van der Waals surface area (Å²) in [6.07, 6.45) is 4.97. The summed E-state index contributed by atoms with van der Waals surface area (Å²) in [6.45, 7) is 1.28. The van der Waals surface area contributed by atoms with E-state index >= 15 is 0 Å². The lowest BCUT2D eigenvalue weighted by molar-refractivity contribution is 0.0709. The van der Waals surface area contributed by atoms with Gasteiger partial charge in [0.1, 0.15) is 4.88 Å². The van der Waals surface area contributed by atoms with Crippen molar-refractivity contribution in [1.82, 2.24) is 20.0 Å². The molecule has 1 amide bonds. The van der Waals surface area contributed by atoms with Crippen LogP contribution in [-0.4, -0.2) is 39.0 Å². The average Bonchev–Trinajstić information content (AvgIpc) is 3.40. The third kappa shape index (κ3) is 3.41. The van der Waals surface area contributed by atoms with Crippen molar-refractivity contribution in [3.05, 3.63) is 64.6 Å². The molecule has 1 aliphatic heterocycles. The van der Waals surface area contributed by atoms with E-state index in [-0.39, 0.29) is 11.8 Å². The van der Waals surface area contributed by atoms with Gasteiger partial charge in [0.2, 0.25) is 11.7 Å². The molecule has 0 unspecified atom stereocenters. The van der Waals surface area contributed by atoms with Crippen LogP contribution in [0.25, 0.3) is 21.5 Å². The van der Waals surface area contributed by atoms with Crippen molar-refractivity contribution in [1.29, 1.82) is 0 Å². The summed E-state index contributed by atoms with van der Waals surface area (Å²) in [5, 5.41) is 5.58. The molecule has 1 fully saturated rings. The van der Waals surface area contributed by atoms with Gasteiger partial charge in [-0.3, -0.25) is 9.78 Å². The van der Waals surface area contributed by atoms with Crippen LogP contribution in [0, 0.1) is 0 Å². The zero-order chi connectivity index (χ0) is 19.8. The lowest BCUT2D eigenvalue weighted by Crippen LogP contribution is -2.37. The van der Waals surface area contributed by atoms with Gasteiger partial charge in [-0.1, -0.05) is 35.0 Å². The fourth-order valence-corrected chi connectivity index (χ4v) is 5.12. The van der Waals surface area contributed by atoms with Gasteiger partial charge in [-0.2, -0.15) is 4.98 Å². The molecule has 0 N–H and O–H groups in total. The minimum atomic E-state index is -0.00217. The molecule has 0 radical (unpaired) electrons. The Kier molecular flexibility index (Phi) is 4.77. The Bertz CT molecular complexity index is 1170. The van der Waals surface area contributed by atoms with Gasteiger partial charge in [0, 0.05) is 47.1 Å². The first kappa shape index (κ1) is 18.3. The number of carbonyl (C=O) groups is 1. The van der Waals surface area contributed by atoms with Gasteiger partial charge >= 0.3 is 0 Å². The Hall–Kier alpha value is -2.77. The molecule has 0 saturated carbocycles. The van der Waals surface area contributed by atoms with Crippen molar-refractivity contribution in [2.45, 2.75) is 18.8 Å². The maximum atomic E-state index is 13.0. The molecule has 0 aliphatic carbocycles. The predicted octanol–water partition coefficient (Wildman–Crippen LogP) is 5.02. The van der Waals surface area contributed by atoms with E-state index in [1.807, 2.05) is 41.3 Å². The summed E-state index contributed by atoms with van der Waals surface area (Å²) in [5.74, 6) is 1.35. The van der Waals surface area contributed by atoms with E-state index in [4.69, 9.17) is 16.1 Å².